The lowest BCUT2D eigenvalue weighted by Gasteiger charge is -2.41. The quantitative estimate of drug-likeness (QED) is 0.855. The van der Waals surface area contributed by atoms with E-state index < -0.39 is 5.41 Å². The van der Waals surface area contributed by atoms with Gasteiger partial charge in [-0.05, 0) is 36.5 Å². The molecule has 19 heavy (non-hydrogen) atoms. The molecule has 1 aliphatic rings. The van der Waals surface area contributed by atoms with Gasteiger partial charge in [-0.25, -0.2) is 4.39 Å². The van der Waals surface area contributed by atoms with Crippen molar-refractivity contribution in [2.24, 2.45) is 5.92 Å². The van der Waals surface area contributed by atoms with E-state index in [1.165, 1.54) is 12.1 Å². The lowest BCUT2D eigenvalue weighted by Crippen LogP contribution is -2.50. The molecule has 0 bridgehead atoms. The normalized spacial score (nSPS) is 18.5. The number of carbonyl (C=O) groups is 1. The first-order chi connectivity index (χ1) is 9.08. The maximum absolute atomic E-state index is 13.3. The molecular formula is C15H20FNO2. The standard InChI is InChI=1S/C15H20FNO2/c1-11(10-18)9-17-14(19)15(6-3-7-15)12-4-2-5-13(16)8-12/h2,4-5,8,11,18H,3,6-7,9-10H2,1H3,(H,17,19). The Morgan fingerprint density at radius 3 is 2.79 bits per heavy atom. The van der Waals surface area contributed by atoms with E-state index >= 15 is 0 Å². The van der Waals surface area contributed by atoms with Gasteiger partial charge in [0.25, 0.3) is 0 Å². The highest BCUT2D eigenvalue weighted by Gasteiger charge is 2.45. The largest absolute Gasteiger partial charge is 0.396 e. The van der Waals surface area contributed by atoms with Crippen LogP contribution in [-0.4, -0.2) is 24.2 Å². The van der Waals surface area contributed by atoms with Crippen LogP contribution >= 0.6 is 0 Å². The number of hydrogen-bond acceptors (Lipinski definition) is 2. The van der Waals surface area contributed by atoms with Crippen LogP contribution < -0.4 is 5.32 Å². The van der Waals surface area contributed by atoms with E-state index in [0.717, 1.165) is 24.8 Å². The summed E-state index contributed by atoms with van der Waals surface area (Å²) in [6.45, 7) is 2.37. The Hall–Kier alpha value is -1.42. The third kappa shape index (κ3) is 2.78. The summed E-state index contributed by atoms with van der Waals surface area (Å²) in [4.78, 5) is 12.4. The van der Waals surface area contributed by atoms with Crippen molar-refractivity contribution in [3.63, 3.8) is 0 Å². The van der Waals surface area contributed by atoms with E-state index in [1.807, 2.05) is 13.0 Å². The van der Waals surface area contributed by atoms with Crippen LogP contribution in [-0.2, 0) is 10.2 Å². The third-order valence-electron chi connectivity index (χ3n) is 3.94. The number of nitrogens with one attached hydrogen (secondary N) is 1. The summed E-state index contributed by atoms with van der Waals surface area (Å²) < 4.78 is 13.3. The van der Waals surface area contributed by atoms with Crippen LogP contribution in [0.1, 0.15) is 31.7 Å². The molecule has 0 aromatic heterocycles. The first-order valence-electron chi connectivity index (χ1n) is 6.74. The highest BCUT2D eigenvalue weighted by atomic mass is 19.1. The molecule has 1 aromatic rings. The van der Waals surface area contributed by atoms with Crippen molar-refractivity contribution in [2.75, 3.05) is 13.2 Å². The highest BCUT2D eigenvalue weighted by molar-refractivity contribution is 5.89. The predicted molar refractivity (Wildman–Crippen MR) is 71.2 cm³/mol. The van der Waals surface area contributed by atoms with E-state index in [1.54, 1.807) is 6.07 Å². The SMILES string of the molecule is CC(CO)CNC(=O)C1(c2cccc(F)c2)CCC1. The fourth-order valence-corrected chi connectivity index (χ4v) is 2.46. The van der Waals surface area contributed by atoms with Crippen LogP contribution in [0.4, 0.5) is 4.39 Å². The number of amides is 1. The second kappa shape index (κ2) is 5.70. The summed E-state index contributed by atoms with van der Waals surface area (Å²) in [5, 5.41) is 11.8. The molecule has 1 unspecified atom stereocenters. The fraction of sp³-hybridized carbons (Fsp3) is 0.533. The van der Waals surface area contributed by atoms with Crippen molar-refractivity contribution in [3.05, 3.63) is 35.6 Å². The molecular weight excluding hydrogens is 245 g/mol. The molecule has 1 atom stereocenters. The Labute approximate surface area is 112 Å². The van der Waals surface area contributed by atoms with Crippen molar-refractivity contribution >= 4 is 5.91 Å². The van der Waals surface area contributed by atoms with Crippen molar-refractivity contribution in [3.8, 4) is 0 Å². The first kappa shape index (κ1) is 14.0. The smallest absolute Gasteiger partial charge is 0.230 e. The number of aliphatic hydroxyl groups excluding tert-OH is 1. The Morgan fingerprint density at radius 2 is 2.26 bits per heavy atom. The maximum atomic E-state index is 13.3. The molecule has 1 amide bonds. The Morgan fingerprint density at radius 1 is 1.53 bits per heavy atom. The molecule has 104 valence electrons. The molecule has 1 fully saturated rings. The summed E-state index contributed by atoms with van der Waals surface area (Å²) in [6.07, 6.45) is 2.51. The Kier molecular flexibility index (Phi) is 4.20. The van der Waals surface area contributed by atoms with E-state index in [4.69, 9.17) is 5.11 Å². The van der Waals surface area contributed by atoms with Crippen molar-refractivity contribution < 1.29 is 14.3 Å². The molecule has 2 rings (SSSR count). The minimum absolute atomic E-state index is 0.0357. The number of benzene rings is 1. The zero-order chi connectivity index (χ0) is 13.9. The van der Waals surface area contributed by atoms with E-state index in [-0.39, 0.29) is 24.2 Å². The van der Waals surface area contributed by atoms with Crippen LogP contribution in [0.5, 0.6) is 0 Å². The summed E-state index contributed by atoms with van der Waals surface area (Å²) in [6, 6.07) is 6.31. The second-order valence-corrected chi connectivity index (χ2v) is 5.44. The van der Waals surface area contributed by atoms with Gasteiger partial charge in [0.05, 0.1) is 5.41 Å². The number of carbonyl (C=O) groups excluding carboxylic acids is 1. The van der Waals surface area contributed by atoms with Gasteiger partial charge >= 0.3 is 0 Å². The molecule has 4 heteroatoms. The molecule has 0 aliphatic heterocycles. The van der Waals surface area contributed by atoms with Gasteiger partial charge in [0.15, 0.2) is 0 Å². The Bertz CT molecular complexity index is 457. The zero-order valence-electron chi connectivity index (χ0n) is 11.2. The van der Waals surface area contributed by atoms with Gasteiger partial charge in [-0.2, -0.15) is 0 Å². The van der Waals surface area contributed by atoms with Gasteiger partial charge < -0.3 is 10.4 Å². The number of halogens is 1. The minimum atomic E-state index is -0.572. The van der Waals surface area contributed by atoms with Crippen molar-refractivity contribution in [1.82, 2.24) is 5.32 Å². The average molecular weight is 265 g/mol. The van der Waals surface area contributed by atoms with Crippen LogP contribution in [0, 0.1) is 11.7 Å². The lowest BCUT2D eigenvalue weighted by molar-refractivity contribution is -0.130. The molecule has 1 aromatic carbocycles. The molecule has 0 spiro atoms. The van der Waals surface area contributed by atoms with Gasteiger partial charge in [-0.1, -0.05) is 25.5 Å². The van der Waals surface area contributed by atoms with E-state index in [0.29, 0.717) is 6.54 Å². The molecule has 1 aliphatic carbocycles. The third-order valence-corrected chi connectivity index (χ3v) is 3.94. The number of hydrogen-bond donors (Lipinski definition) is 2. The molecule has 0 heterocycles. The predicted octanol–water partition coefficient (Wildman–Crippen LogP) is 1.99. The van der Waals surface area contributed by atoms with Gasteiger partial charge in [0, 0.05) is 13.2 Å². The molecule has 1 saturated carbocycles. The van der Waals surface area contributed by atoms with Crippen LogP contribution in [0.25, 0.3) is 0 Å². The minimum Gasteiger partial charge on any atom is -0.396 e. The zero-order valence-corrected chi connectivity index (χ0v) is 11.2. The topological polar surface area (TPSA) is 49.3 Å². The maximum Gasteiger partial charge on any atom is 0.230 e. The Balaban J connectivity index is 2.12. The molecule has 0 radical (unpaired) electrons. The van der Waals surface area contributed by atoms with Crippen molar-refractivity contribution in [1.29, 1.82) is 0 Å². The van der Waals surface area contributed by atoms with Crippen LogP contribution in [0.3, 0.4) is 0 Å². The summed E-state index contributed by atoms with van der Waals surface area (Å²) in [7, 11) is 0. The van der Waals surface area contributed by atoms with Gasteiger partial charge in [0.2, 0.25) is 5.91 Å². The monoisotopic (exact) mass is 265 g/mol. The fourth-order valence-electron chi connectivity index (χ4n) is 2.46. The molecule has 2 N–H and O–H groups in total. The van der Waals surface area contributed by atoms with Crippen LogP contribution in [0.2, 0.25) is 0 Å². The first-order valence-corrected chi connectivity index (χ1v) is 6.74. The van der Waals surface area contributed by atoms with Gasteiger partial charge in [-0.15, -0.1) is 0 Å². The average Bonchev–Trinajstić information content (AvgIpc) is 2.34. The molecule has 3 nitrogen and oxygen atoms in total. The van der Waals surface area contributed by atoms with Gasteiger partial charge in [-0.3, -0.25) is 4.79 Å². The van der Waals surface area contributed by atoms with Crippen LogP contribution in [0.15, 0.2) is 24.3 Å². The summed E-state index contributed by atoms with van der Waals surface area (Å²) in [5.41, 5.74) is 0.185. The van der Waals surface area contributed by atoms with E-state index in [9.17, 15) is 9.18 Å². The lowest BCUT2D eigenvalue weighted by atomic mass is 9.63. The second-order valence-electron chi connectivity index (χ2n) is 5.44. The number of rotatable bonds is 5. The van der Waals surface area contributed by atoms with Gasteiger partial charge in [0.1, 0.15) is 5.82 Å². The molecule has 0 saturated heterocycles. The number of aliphatic hydroxyl groups is 1. The highest BCUT2D eigenvalue weighted by Crippen LogP contribution is 2.44. The van der Waals surface area contributed by atoms with Crippen molar-refractivity contribution in [2.45, 2.75) is 31.6 Å². The summed E-state index contributed by atoms with van der Waals surface area (Å²) in [5.74, 6) is -0.321. The van der Waals surface area contributed by atoms with E-state index in [2.05, 4.69) is 5.32 Å². The summed E-state index contributed by atoms with van der Waals surface area (Å²) >= 11 is 0.